The lowest BCUT2D eigenvalue weighted by Gasteiger charge is -2.35. The molecule has 1 unspecified atom stereocenters. The van der Waals surface area contributed by atoms with Crippen LogP contribution in [0, 0.1) is 0 Å². The zero-order valence-electron chi connectivity index (χ0n) is 15.3. The minimum atomic E-state index is 0.118. The monoisotopic (exact) mass is 341 g/mol. The maximum atomic E-state index is 5.51. The van der Waals surface area contributed by atoms with Gasteiger partial charge in [-0.25, -0.2) is 0 Å². The van der Waals surface area contributed by atoms with Crippen molar-refractivity contribution in [2.24, 2.45) is 0 Å². The number of hydrogen-bond acceptors (Lipinski definition) is 5. The second kappa shape index (κ2) is 8.32. The Morgan fingerprint density at radius 2 is 1.84 bits per heavy atom. The number of hydrogen-bond donors (Lipinski definition) is 1. The summed E-state index contributed by atoms with van der Waals surface area (Å²) in [6, 6.07) is 10.6. The van der Waals surface area contributed by atoms with E-state index in [0.717, 1.165) is 49.8 Å². The molecular weight excluding hydrogens is 314 g/mol. The third-order valence-corrected chi connectivity index (χ3v) is 4.78. The van der Waals surface area contributed by atoms with Crippen molar-refractivity contribution in [3.8, 4) is 11.5 Å². The Kier molecular flexibility index (Phi) is 5.89. The number of methoxy groups -OCH3 is 2. The summed E-state index contributed by atoms with van der Waals surface area (Å²) in [5, 5.41) is 3.42. The predicted molar refractivity (Wildman–Crippen MR) is 99.4 cm³/mol. The molecule has 134 valence electrons. The van der Waals surface area contributed by atoms with E-state index in [4.69, 9.17) is 14.5 Å². The number of pyridine rings is 1. The molecule has 5 heteroatoms. The van der Waals surface area contributed by atoms with Gasteiger partial charge in [0.05, 0.1) is 26.0 Å². The highest BCUT2D eigenvalue weighted by Gasteiger charge is 2.26. The van der Waals surface area contributed by atoms with Crippen LogP contribution in [0.4, 0.5) is 0 Å². The molecule has 0 aliphatic carbocycles. The Morgan fingerprint density at radius 1 is 1.08 bits per heavy atom. The van der Waals surface area contributed by atoms with Crippen LogP contribution in [-0.2, 0) is 6.42 Å². The zero-order chi connectivity index (χ0) is 17.6. The highest BCUT2D eigenvalue weighted by atomic mass is 16.5. The molecule has 0 amide bonds. The van der Waals surface area contributed by atoms with Gasteiger partial charge >= 0.3 is 0 Å². The smallest absolute Gasteiger partial charge is 0.161 e. The molecule has 1 aliphatic rings. The van der Waals surface area contributed by atoms with Crippen molar-refractivity contribution < 1.29 is 9.47 Å². The second-order valence-corrected chi connectivity index (χ2v) is 6.25. The van der Waals surface area contributed by atoms with Gasteiger partial charge in [-0.1, -0.05) is 19.1 Å². The Hall–Kier alpha value is -2.11. The summed E-state index contributed by atoms with van der Waals surface area (Å²) in [7, 11) is 3.34. The highest BCUT2D eigenvalue weighted by molar-refractivity contribution is 5.45. The van der Waals surface area contributed by atoms with Gasteiger partial charge in [-0.2, -0.15) is 0 Å². The number of aryl methyl sites for hydroxylation is 1. The minimum absolute atomic E-state index is 0.118. The fourth-order valence-corrected chi connectivity index (χ4v) is 3.34. The van der Waals surface area contributed by atoms with Gasteiger partial charge in [0.1, 0.15) is 0 Å². The van der Waals surface area contributed by atoms with Crippen molar-refractivity contribution >= 4 is 0 Å². The van der Waals surface area contributed by atoms with Crippen LogP contribution in [0.1, 0.15) is 29.8 Å². The van der Waals surface area contributed by atoms with E-state index in [1.807, 2.05) is 12.3 Å². The SMILES string of the molecule is CCc1ccc(C(c2ccc(OC)c(OC)c2)N2CCNCC2)nc1. The van der Waals surface area contributed by atoms with Gasteiger partial charge in [0.15, 0.2) is 11.5 Å². The Morgan fingerprint density at radius 3 is 2.44 bits per heavy atom. The van der Waals surface area contributed by atoms with Gasteiger partial charge in [0, 0.05) is 32.4 Å². The molecule has 1 fully saturated rings. The lowest BCUT2D eigenvalue weighted by atomic mass is 9.99. The van der Waals surface area contributed by atoms with Crippen LogP contribution < -0.4 is 14.8 Å². The first kappa shape index (κ1) is 17.7. The molecule has 1 atom stereocenters. The van der Waals surface area contributed by atoms with E-state index in [-0.39, 0.29) is 6.04 Å². The summed E-state index contributed by atoms with van der Waals surface area (Å²) >= 11 is 0. The predicted octanol–water partition coefficient (Wildman–Crippen LogP) is 2.66. The maximum absolute atomic E-state index is 5.51. The molecule has 1 N–H and O–H groups in total. The van der Waals surface area contributed by atoms with Gasteiger partial charge in [0.2, 0.25) is 0 Å². The number of ether oxygens (including phenoxy) is 2. The maximum Gasteiger partial charge on any atom is 0.161 e. The highest BCUT2D eigenvalue weighted by Crippen LogP contribution is 2.34. The fraction of sp³-hybridized carbons (Fsp3) is 0.450. The van der Waals surface area contributed by atoms with Gasteiger partial charge in [-0.3, -0.25) is 9.88 Å². The Labute approximate surface area is 150 Å². The Bertz CT molecular complexity index is 682. The van der Waals surface area contributed by atoms with Crippen LogP contribution in [0.3, 0.4) is 0 Å². The van der Waals surface area contributed by atoms with E-state index in [9.17, 15) is 0 Å². The van der Waals surface area contributed by atoms with E-state index in [2.05, 4.69) is 41.4 Å². The van der Waals surface area contributed by atoms with Gasteiger partial charge in [-0.05, 0) is 35.7 Å². The van der Waals surface area contributed by atoms with Crippen molar-refractivity contribution in [1.82, 2.24) is 15.2 Å². The summed E-state index contributed by atoms with van der Waals surface area (Å²) in [5.74, 6) is 1.50. The summed E-state index contributed by atoms with van der Waals surface area (Å²) < 4.78 is 10.9. The molecule has 0 spiro atoms. The van der Waals surface area contributed by atoms with E-state index in [0.29, 0.717) is 0 Å². The number of piperazine rings is 1. The standard InChI is InChI=1S/C20H27N3O2/c1-4-15-5-7-17(22-14-15)20(23-11-9-21-10-12-23)16-6-8-18(24-2)19(13-16)25-3/h5-8,13-14,20-21H,4,9-12H2,1-3H3. The van der Waals surface area contributed by atoms with Crippen molar-refractivity contribution in [3.05, 3.63) is 53.3 Å². The largest absolute Gasteiger partial charge is 0.493 e. The number of rotatable bonds is 6. The lowest BCUT2D eigenvalue weighted by Crippen LogP contribution is -2.45. The van der Waals surface area contributed by atoms with Gasteiger partial charge in [-0.15, -0.1) is 0 Å². The first-order valence-corrected chi connectivity index (χ1v) is 8.88. The summed E-state index contributed by atoms with van der Waals surface area (Å²) in [5.41, 5.74) is 3.51. The summed E-state index contributed by atoms with van der Waals surface area (Å²) in [4.78, 5) is 7.24. The molecule has 0 radical (unpaired) electrons. The third-order valence-electron chi connectivity index (χ3n) is 4.78. The molecule has 25 heavy (non-hydrogen) atoms. The van der Waals surface area contributed by atoms with E-state index in [1.165, 1.54) is 11.1 Å². The first-order chi connectivity index (χ1) is 12.3. The first-order valence-electron chi connectivity index (χ1n) is 8.88. The van der Waals surface area contributed by atoms with Crippen molar-refractivity contribution in [3.63, 3.8) is 0 Å². The molecule has 3 rings (SSSR count). The molecule has 1 aromatic carbocycles. The summed E-state index contributed by atoms with van der Waals surface area (Å²) in [6.45, 7) is 6.14. The molecule has 0 bridgehead atoms. The normalized spacial score (nSPS) is 16.4. The van der Waals surface area contributed by atoms with Gasteiger partial charge in [0.25, 0.3) is 0 Å². The fourth-order valence-electron chi connectivity index (χ4n) is 3.34. The number of benzene rings is 1. The van der Waals surface area contributed by atoms with Gasteiger partial charge < -0.3 is 14.8 Å². The quantitative estimate of drug-likeness (QED) is 0.875. The van der Waals surface area contributed by atoms with Crippen LogP contribution in [0.25, 0.3) is 0 Å². The molecule has 0 saturated carbocycles. The number of aromatic nitrogens is 1. The van der Waals surface area contributed by atoms with Crippen molar-refractivity contribution in [1.29, 1.82) is 0 Å². The zero-order valence-corrected chi connectivity index (χ0v) is 15.3. The van der Waals surface area contributed by atoms with Crippen LogP contribution in [-0.4, -0.2) is 50.3 Å². The molecule has 1 aromatic heterocycles. The average Bonchev–Trinajstić information content (AvgIpc) is 2.69. The molecule has 2 heterocycles. The van der Waals surface area contributed by atoms with Crippen molar-refractivity contribution in [2.75, 3.05) is 40.4 Å². The molecular formula is C20H27N3O2. The summed E-state index contributed by atoms with van der Waals surface area (Å²) in [6.07, 6.45) is 2.99. The van der Waals surface area contributed by atoms with E-state index < -0.39 is 0 Å². The van der Waals surface area contributed by atoms with Crippen LogP contribution in [0.2, 0.25) is 0 Å². The molecule has 2 aromatic rings. The molecule has 1 saturated heterocycles. The Balaban J connectivity index is 2.00. The van der Waals surface area contributed by atoms with Crippen LogP contribution in [0.5, 0.6) is 11.5 Å². The van der Waals surface area contributed by atoms with Crippen molar-refractivity contribution in [2.45, 2.75) is 19.4 Å². The second-order valence-electron chi connectivity index (χ2n) is 6.25. The third kappa shape index (κ3) is 3.94. The number of nitrogens with one attached hydrogen (secondary N) is 1. The van der Waals surface area contributed by atoms with E-state index in [1.54, 1.807) is 14.2 Å². The van der Waals surface area contributed by atoms with Crippen LogP contribution in [0.15, 0.2) is 36.5 Å². The number of nitrogens with zero attached hydrogens (tertiary/aromatic N) is 2. The molecule has 5 nitrogen and oxygen atoms in total. The molecule has 1 aliphatic heterocycles. The lowest BCUT2D eigenvalue weighted by molar-refractivity contribution is 0.195. The minimum Gasteiger partial charge on any atom is -0.493 e. The topological polar surface area (TPSA) is 46.6 Å². The van der Waals surface area contributed by atoms with E-state index >= 15 is 0 Å². The van der Waals surface area contributed by atoms with Crippen LogP contribution >= 0.6 is 0 Å². The average molecular weight is 341 g/mol.